The molecule has 1 aromatic rings. The Kier molecular flexibility index (Phi) is 5.38. The van der Waals surface area contributed by atoms with Gasteiger partial charge in [-0.3, -0.25) is 14.3 Å². The second kappa shape index (κ2) is 7.56. The molecular formula is C17H25N3O9. The minimum Gasteiger partial charge on any atom is -0.387 e. The van der Waals surface area contributed by atoms with Crippen LogP contribution in [0.1, 0.15) is 19.6 Å². The number of aromatic nitrogens is 2. The van der Waals surface area contributed by atoms with Crippen molar-refractivity contribution in [3.05, 3.63) is 33.1 Å². The molecule has 0 aromatic carbocycles. The van der Waals surface area contributed by atoms with Gasteiger partial charge >= 0.3 is 5.69 Å². The van der Waals surface area contributed by atoms with Crippen molar-refractivity contribution < 1.29 is 34.3 Å². The summed E-state index contributed by atoms with van der Waals surface area (Å²) >= 11 is 0. The van der Waals surface area contributed by atoms with Gasteiger partial charge in [0, 0.05) is 18.8 Å². The first-order valence-corrected chi connectivity index (χ1v) is 9.48. The Morgan fingerprint density at radius 1 is 1.38 bits per heavy atom. The number of hydrogen-bond donors (Lipinski definition) is 5. The molecule has 0 spiro atoms. The van der Waals surface area contributed by atoms with Crippen LogP contribution in [0.4, 0.5) is 0 Å². The van der Waals surface area contributed by atoms with E-state index in [2.05, 4.69) is 4.98 Å². The van der Waals surface area contributed by atoms with Gasteiger partial charge in [-0.25, -0.2) is 4.79 Å². The van der Waals surface area contributed by atoms with Gasteiger partial charge in [0.25, 0.3) is 5.56 Å². The Morgan fingerprint density at radius 2 is 2.14 bits per heavy atom. The number of nitrogens with zero attached hydrogens (tertiary/aromatic N) is 1. The molecule has 3 saturated heterocycles. The van der Waals surface area contributed by atoms with Crippen LogP contribution >= 0.6 is 0 Å². The highest BCUT2D eigenvalue weighted by Gasteiger charge is 2.66. The average molecular weight is 415 g/mol. The lowest BCUT2D eigenvalue weighted by Crippen LogP contribution is -2.54. The third-order valence-electron chi connectivity index (χ3n) is 5.82. The van der Waals surface area contributed by atoms with Gasteiger partial charge in [-0.05, 0) is 6.42 Å². The van der Waals surface area contributed by atoms with E-state index in [1.54, 1.807) is 6.92 Å². The highest BCUT2D eigenvalue weighted by molar-refractivity contribution is 5.11. The van der Waals surface area contributed by atoms with Gasteiger partial charge in [0.2, 0.25) is 0 Å². The van der Waals surface area contributed by atoms with Gasteiger partial charge in [0.1, 0.15) is 36.1 Å². The van der Waals surface area contributed by atoms with Gasteiger partial charge in [-0.15, -0.1) is 0 Å². The Bertz CT molecular complexity index is 859. The molecule has 12 heteroatoms. The van der Waals surface area contributed by atoms with Gasteiger partial charge < -0.3 is 40.0 Å². The SMILES string of the molecule is CC[C@H](O[C@@H]1O[C@H](CN)[C@@H](O)[C@H]1O)[C@@]12CO[C@@H]([C@H](n3ccc(=O)[nH]c3=O)O1)[C@@H]2O. The van der Waals surface area contributed by atoms with Gasteiger partial charge in [0.05, 0.1) is 12.7 Å². The minimum atomic E-state index is -1.32. The minimum absolute atomic E-state index is 0.00152. The molecule has 4 rings (SSSR count). The highest BCUT2D eigenvalue weighted by atomic mass is 16.7. The standard InChI is InChI=1S/C17H25N3O9/c1-2-8(28-15-11(23)10(22)7(5-18)27-15)17-6-26-12(13(17)24)14(29-17)20-4-3-9(21)19-16(20)25/h3-4,7-8,10-15,22-24H,2,5-6,18H2,1H3,(H,19,21,25)/t7-,8+,10-,11-,12-,13+,14-,15+,17-/m1/s1. The molecule has 0 radical (unpaired) electrons. The fourth-order valence-corrected chi connectivity index (χ4v) is 4.26. The molecular weight excluding hydrogens is 390 g/mol. The number of ether oxygens (including phenoxy) is 4. The van der Waals surface area contributed by atoms with E-state index in [0.29, 0.717) is 6.42 Å². The van der Waals surface area contributed by atoms with E-state index in [0.717, 1.165) is 4.57 Å². The van der Waals surface area contributed by atoms with Gasteiger partial charge in [-0.2, -0.15) is 0 Å². The molecule has 9 atom stereocenters. The number of nitrogens with two attached hydrogens (primary N) is 1. The second-order valence-electron chi connectivity index (χ2n) is 7.49. The fourth-order valence-electron chi connectivity index (χ4n) is 4.26. The molecule has 3 aliphatic rings. The average Bonchev–Trinajstić information content (AvgIpc) is 3.27. The summed E-state index contributed by atoms with van der Waals surface area (Å²) in [5.41, 5.74) is 2.95. The summed E-state index contributed by atoms with van der Waals surface area (Å²) in [7, 11) is 0. The molecule has 3 aliphatic heterocycles. The molecule has 12 nitrogen and oxygen atoms in total. The molecule has 162 valence electrons. The molecule has 0 saturated carbocycles. The molecule has 6 N–H and O–H groups in total. The third-order valence-corrected chi connectivity index (χ3v) is 5.82. The first-order chi connectivity index (χ1) is 13.8. The van der Waals surface area contributed by atoms with Crippen LogP contribution in [0.3, 0.4) is 0 Å². The van der Waals surface area contributed by atoms with Crippen molar-refractivity contribution in [2.75, 3.05) is 13.2 Å². The zero-order valence-corrected chi connectivity index (χ0v) is 15.7. The van der Waals surface area contributed by atoms with E-state index < -0.39 is 66.0 Å². The van der Waals surface area contributed by atoms with Crippen molar-refractivity contribution in [1.29, 1.82) is 0 Å². The van der Waals surface area contributed by atoms with E-state index in [4.69, 9.17) is 24.7 Å². The predicted octanol–water partition coefficient (Wildman–Crippen LogP) is -3.24. The summed E-state index contributed by atoms with van der Waals surface area (Å²) in [6, 6.07) is 1.17. The lowest BCUT2D eigenvalue weighted by atomic mass is 9.90. The predicted molar refractivity (Wildman–Crippen MR) is 94.8 cm³/mol. The maximum atomic E-state index is 12.1. The quantitative estimate of drug-likeness (QED) is 0.317. The summed E-state index contributed by atoms with van der Waals surface area (Å²) in [5, 5.41) is 31.1. The molecule has 29 heavy (non-hydrogen) atoms. The van der Waals surface area contributed by atoms with Crippen LogP contribution in [0.25, 0.3) is 0 Å². The molecule has 1 aromatic heterocycles. The first kappa shape index (κ1) is 20.6. The van der Waals surface area contributed by atoms with Crippen LogP contribution in [0.5, 0.6) is 0 Å². The van der Waals surface area contributed by atoms with Crippen molar-refractivity contribution in [2.24, 2.45) is 5.73 Å². The third kappa shape index (κ3) is 3.16. The zero-order chi connectivity index (χ0) is 20.9. The number of hydrogen-bond acceptors (Lipinski definition) is 10. The lowest BCUT2D eigenvalue weighted by Gasteiger charge is -2.38. The Balaban J connectivity index is 1.58. The van der Waals surface area contributed by atoms with Crippen molar-refractivity contribution >= 4 is 0 Å². The Morgan fingerprint density at radius 3 is 2.76 bits per heavy atom. The maximum Gasteiger partial charge on any atom is 0.330 e. The van der Waals surface area contributed by atoms with E-state index in [-0.39, 0.29) is 13.2 Å². The molecule has 3 fully saturated rings. The van der Waals surface area contributed by atoms with Crippen molar-refractivity contribution in [3.63, 3.8) is 0 Å². The van der Waals surface area contributed by atoms with E-state index in [1.165, 1.54) is 12.3 Å². The highest BCUT2D eigenvalue weighted by Crippen LogP contribution is 2.48. The summed E-state index contributed by atoms with van der Waals surface area (Å²) in [4.78, 5) is 25.6. The normalized spacial score (nSPS) is 42.4. The Labute approximate surface area is 164 Å². The van der Waals surface area contributed by atoms with Crippen molar-refractivity contribution in [3.8, 4) is 0 Å². The van der Waals surface area contributed by atoms with E-state index >= 15 is 0 Å². The van der Waals surface area contributed by atoms with E-state index in [9.17, 15) is 24.9 Å². The number of nitrogens with one attached hydrogen (secondary N) is 1. The van der Waals surface area contributed by atoms with Crippen LogP contribution < -0.4 is 17.0 Å². The molecule has 0 amide bonds. The fraction of sp³-hybridized carbons (Fsp3) is 0.765. The van der Waals surface area contributed by atoms with Crippen LogP contribution in [0.15, 0.2) is 21.9 Å². The van der Waals surface area contributed by atoms with Crippen LogP contribution in [-0.4, -0.2) is 86.5 Å². The van der Waals surface area contributed by atoms with Crippen molar-refractivity contribution in [1.82, 2.24) is 9.55 Å². The number of fused-ring (bicyclic) bond motifs is 2. The zero-order valence-electron chi connectivity index (χ0n) is 15.7. The maximum absolute atomic E-state index is 12.1. The number of aliphatic hydroxyl groups excluding tert-OH is 3. The van der Waals surface area contributed by atoms with Crippen LogP contribution in [0, 0.1) is 0 Å². The number of H-pyrrole nitrogens is 1. The van der Waals surface area contributed by atoms with Crippen LogP contribution in [0.2, 0.25) is 0 Å². The molecule has 0 unspecified atom stereocenters. The second-order valence-corrected chi connectivity index (χ2v) is 7.49. The molecule has 0 aliphatic carbocycles. The summed E-state index contributed by atoms with van der Waals surface area (Å²) in [6.45, 7) is 1.79. The number of aromatic amines is 1. The molecule has 2 bridgehead atoms. The number of rotatable bonds is 6. The smallest absolute Gasteiger partial charge is 0.330 e. The van der Waals surface area contributed by atoms with Crippen LogP contribution in [-0.2, 0) is 18.9 Å². The van der Waals surface area contributed by atoms with Gasteiger partial charge in [0.15, 0.2) is 12.5 Å². The summed E-state index contributed by atoms with van der Waals surface area (Å²) in [5.74, 6) is 0. The topological polar surface area (TPSA) is 178 Å². The van der Waals surface area contributed by atoms with Gasteiger partial charge in [-0.1, -0.05) is 6.92 Å². The number of aliphatic hydroxyl groups is 3. The largest absolute Gasteiger partial charge is 0.387 e. The van der Waals surface area contributed by atoms with Crippen molar-refractivity contribution in [2.45, 2.75) is 68.1 Å². The molecule has 4 heterocycles. The van der Waals surface area contributed by atoms with E-state index in [1.807, 2.05) is 0 Å². The monoisotopic (exact) mass is 415 g/mol. The summed E-state index contributed by atoms with van der Waals surface area (Å²) < 4.78 is 24.3. The lowest BCUT2D eigenvalue weighted by molar-refractivity contribution is -0.266. The first-order valence-electron chi connectivity index (χ1n) is 9.48. The summed E-state index contributed by atoms with van der Waals surface area (Å²) in [6.07, 6.45) is -6.58. The Hall–Kier alpha value is -1.64.